The zero-order valence-corrected chi connectivity index (χ0v) is 17.2. The molecule has 0 aliphatic carbocycles. The monoisotopic (exact) mass is 401 g/mol. The number of fused-ring (bicyclic) bond motifs is 1. The second-order valence-electron chi connectivity index (χ2n) is 7.87. The maximum Gasteiger partial charge on any atom is 0.325 e. The van der Waals surface area contributed by atoms with Crippen LogP contribution in [0.5, 0.6) is 0 Å². The maximum atomic E-state index is 13.1. The fraction of sp³-hybridized carbons (Fsp3) is 0.208. The smallest absolute Gasteiger partial charge is 0.324 e. The van der Waals surface area contributed by atoms with E-state index in [2.05, 4.69) is 10.6 Å². The average Bonchev–Trinajstić information content (AvgIpc) is 2.94. The summed E-state index contributed by atoms with van der Waals surface area (Å²) in [5.74, 6) is -0.867. The number of nitrogens with zero attached hydrogens (tertiary/aromatic N) is 1. The Labute approximate surface area is 174 Å². The van der Waals surface area contributed by atoms with E-state index in [1.165, 1.54) is 0 Å². The summed E-state index contributed by atoms with van der Waals surface area (Å²) in [5.41, 5.74) is 2.05. The van der Waals surface area contributed by atoms with Crippen LogP contribution in [0.15, 0.2) is 60.7 Å². The molecule has 1 heterocycles. The first kappa shape index (κ1) is 19.6. The number of hydrogen-bond acceptors (Lipinski definition) is 3. The first-order chi connectivity index (χ1) is 14.3. The number of hydrogen-bond donors (Lipinski definition) is 2. The number of amides is 4. The molecule has 0 spiro atoms. The Morgan fingerprint density at radius 2 is 1.73 bits per heavy atom. The van der Waals surface area contributed by atoms with Gasteiger partial charge in [0.05, 0.1) is 0 Å². The lowest BCUT2D eigenvalue weighted by atomic mass is 9.90. The number of aryl methyl sites for hydroxylation is 2. The van der Waals surface area contributed by atoms with Crippen molar-refractivity contribution < 1.29 is 14.4 Å². The second kappa shape index (κ2) is 7.30. The van der Waals surface area contributed by atoms with E-state index in [0.29, 0.717) is 11.3 Å². The molecular formula is C24H23N3O3. The van der Waals surface area contributed by atoms with E-state index in [1.54, 1.807) is 6.92 Å². The third-order valence-corrected chi connectivity index (χ3v) is 5.57. The van der Waals surface area contributed by atoms with E-state index >= 15 is 0 Å². The third-order valence-electron chi connectivity index (χ3n) is 5.57. The number of imide groups is 1. The van der Waals surface area contributed by atoms with Crippen LogP contribution in [0.1, 0.15) is 23.6 Å². The Bertz CT molecular complexity index is 1190. The lowest BCUT2D eigenvalue weighted by Gasteiger charge is -2.22. The predicted octanol–water partition coefficient (Wildman–Crippen LogP) is 3.86. The average molecular weight is 401 g/mol. The van der Waals surface area contributed by atoms with Crippen molar-refractivity contribution in [3.63, 3.8) is 0 Å². The number of benzene rings is 3. The highest BCUT2D eigenvalue weighted by Gasteiger charge is 2.49. The highest BCUT2D eigenvalue weighted by Crippen LogP contribution is 2.31. The van der Waals surface area contributed by atoms with E-state index in [0.717, 1.165) is 26.8 Å². The molecule has 152 valence electrons. The zero-order chi connectivity index (χ0) is 21.5. The summed E-state index contributed by atoms with van der Waals surface area (Å²) in [5, 5.41) is 7.58. The molecule has 4 amide bonds. The van der Waals surface area contributed by atoms with Crippen LogP contribution in [0.4, 0.5) is 10.5 Å². The van der Waals surface area contributed by atoms with Crippen molar-refractivity contribution in [2.24, 2.45) is 0 Å². The SMILES string of the molecule is Cc1ccc(C)c(NC(=O)CN2C(=O)NC(C)(c3ccc4ccccc4c3)C2=O)c1. The van der Waals surface area contributed by atoms with Gasteiger partial charge >= 0.3 is 6.03 Å². The van der Waals surface area contributed by atoms with E-state index in [-0.39, 0.29) is 6.54 Å². The second-order valence-corrected chi connectivity index (χ2v) is 7.87. The van der Waals surface area contributed by atoms with Crippen LogP contribution < -0.4 is 10.6 Å². The number of rotatable bonds is 4. The fourth-order valence-electron chi connectivity index (χ4n) is 3.74. The van der Waals surface area contributed by atoms with Crippen LogP contribution in [-0.2, 0) is 15.1 Å². The summed E-state index contributed by atoms with van der Waals surface area (Å²) < 4.78 is 0. The van der Waals surface area contributed by atoms with Gasteiger partial charge in [-0.1, -0.05) is 48.5 Å². The topological polar surface area (TPSA) is 78.5 Å². The van der Waals surface area contributed by atoms with Gasteiger partial charge in [0, 0.05) is 5.69 Å². The molecule has 0 aromatic heterocycles. The lowest BCUT2D eigenvalue weighted by Crippen LogP contribution is -2.42. The number of nitrogens with one attached hydrogen (secondary N) is 2. The van der Waals surface area contributed by atoms with E-state index < -0.39 is 23.4 Å². The Balaban J connectivity index is 1.55. The van der Waals surface area contributed by atoms with E-state index in [4.69, 9.17) is 0 Å². The van der Waals surface area contributed by atoms with Gasteiger partial charge in [-0.25, -0.2) is 4.79 Å². The van der Waals surface area contributed by atoms with Crippen molar-refractivity contribution >= 4 is 34.3 Å². The van der Waals surface area contributed by atoms with Gasteiger partial charge in [-0.2, -0.15) is 0 Å². The molecule has 1 fully saturated rings. The first-order valence-electron chi connectivity index (χ1n) is 9.78. The minimum absolute atomic E-state index is 0.346. The highest BCUT2D eigenvalue weighted by atomic mass is 16.2. The normalized spacial score (nSPS) is 18.6. The van der Waals surface area contributed by atoms with Crippen molar-refractivity contribution in [1.82, 2.24) is 10.2 Å². The summed E-state index contributed by atoms with van der Waals surface area (Å²) in [4.78, 5) is 39.2. The summed E-state index contributed by atoms with van der Waals surface area (Å²) in [6, 6.07) is 18.6. The summed E-state index contributed by atoms with van der Waals surface area (Å²) in [7, 11) is 0. The molecule has 3 aromatic carbocycles. The Hall–Kier alpha value is -3.67. The van der Waals surface area contributed by atoms with Gasteiger partial charge in [0.25, 0.3) is 5.91 Å². The summed E-state index contributed by atoms with van der Waals surface area (Å²) in [6.07, 6.45) is 0. The standard InChI is InChI=1S/C24H23N3O3/c1-15-8-9-16(2)20(12-15)25-21(28)14-27-22(29)24(3,26-23(27)30)19-11-10-17-6-4-5-7-18(17)13-19/h4-13H,14H2,1-3H3,(H,25,28)(H,26,30). The van der Waals surface area contributed by atoms with Crippen molar-refractivity contribution in [1.29, 1.82) is 0 Å². The van der Waals surface area contributed by atoms with E-state index in [9.17, 15) is 14.4 Å². The van der Waals surface area contributed by atoms with Crippen LogP contribution in [0.3, 0.4) is 0 Å². The van der Waals surface area contributed by atoms with Gasteiger partial charge in [0.2, 0.25) is 5.91 Å². The Morgan fingerprint density at radius 3 is 2.50 bits per heavy atom. The van der Waals surface area contributed by atoms with Crippen LogP contribution >= 0.6 is 0 Å². The molecule has 6 nitrogen and oxygen atoms in total. The first-order valence-corrected chi connectivity index (χ1v) is 9.78. The van der Waals surface area contributed by atoms with Crippen molar-refractivity contribution in [2.75, 3.05) is 11.9 Å². The van der Waals surface area contributed by atoms with Crippen LogP contribution in [0, 0.1) is 13.8 Å². The van der Waals surface area contributed by atoms with Gasteiger partial charge in [-0.15, -0.1) is 0 Å². The number of carbonyl (C=O) groups is 3. The molecule has 6 heteroatoms. The van der Waals surface area contributed by atoms with Crippen molar-refractivity contribution in [2.45, 2.75) is 26.3 Å². The maximum absolute atomic E-state index is 13.1. The van der Waals surface area contributed by atoms with Crippen LogP contribution in [0.2, 0.25) is 0 Å². The molecule has 1 aliphatic heterocycles. The molecule has 2 N–H and O–H groups in total. The molecule has 0 saturated carbocycles. The molecule has 0 bridgehead atoms. The minimum Gasteiger partial charge on any atom is -0.324 e. The summed E-state index contributed by atoms with van der Waals surface area (Å²) in [6.45, 7) is 5.14. The third kappa shape index (κ3) is 3.41. The molecule has 1 aliphatic rings. The van der Waals surface area contributed by atoms with Gasteiger partial charge in [-0.05, 0) is 60.4 Å². The van der Waals surface area contributed by atoms with Crippen molar-refractivity contribution in [3.8, 4) is 0 Å². The Morgan fingerprint density at radius 1 is 1.00 bits per heavy atom. The molecule has 1 unspecified atom stereocenters. The number of carbonyl (C=O) groups excluding carboxylic acids is 3. The van der Waals surface area contributed by atoms with Crippen LogP contribution in [-0.4, -0.2) is 29.3 Å². The lowest BCUT2D eigenvalue weighted by molar-refractivity contribution is -0.133. The predicted molar refractivity (Wildman–Crippen MR) is 116 cm³/mol. The van der Waals surface area contributed by atoms with Gasteiger partial charge in [0.1, 0.15) is 12.1 Å². The molecule has 3 aromatic rings. The molecule has 30 heavy (non-hydrogen) atoms. The minimum atomic E-state index is -1.22. The van der Waals surface area contributed by atoms with Gasteiger partial charge in [0.15, 0.2) is 0 Å². The molecule has 4 rings (SSSR count). The quantitative estimate of drug-likeness (QED) is 0.652. The fourth-order valence-corrected chi connectivity index (χ4v) is 3.74. The molecule has 1 saturated heterocycles. The molecule has 1 atom stereocenters. The van der Waals surface area contributed by atoms with E-state index in [1.807, 2.05) is 74.5 Å². The number of urea groups is 1. The number of anilines is 1. The van der Waals surface area contributed by atoms with Crippen LogP contribution in [0.25, 0.3) is 10.8 Å². The Kier molecular flexibility index (Phi) is 4.78. The van der Waals surface area contributed by atoms with Gasteiger partial charge < -0.3 is 10.6 Å². The zero-order valence-electron chi connectivity index (χ0n) is 17.2. The molecule has 0 radical (unpaired) electrons. The van der Waals surface area contributed by atoms with Gasteiger partial charge in [-0.3, -0.25) is 14.5 Å². The van der Waals surface area contributed by atoms with Crippen molar-refractivity contribution in [3.05, 3.63) is 77.4 Å². The summed E-state index contributed by atoms with van der Waals surface area (Å²) >= 11 is 0. The highest BCUT2D eigenvalue weighted by molar-refractivity contribution is 6.10. The largest absolute Gasteiger partial charge is 0.325 e. The molecular weight excluding hydrogens is 378 g/mol.